The van der Waals surface area contributed by atoms with E-state index in [0.717, 1.165) is 37.8 Å². The zero-order chi connectivity index (χ0) is 20.8. The quantitative estimate of drug-likeness (QED) is 0.659. The van der Waals surface area contributed by atoms with Crippen LogP contribution in [0.25, 0.3) is 0 Å². The maximum Gasteiger partial charge on any atom is 0.253 e. The minimum absolute atomic E-state index is 0.0429. The molecule has 0 bridgehead atoms. The lowest BCUT2D eigenvalue weighted by Gasteiger charge is -2.16. The van der Waals surface area contributed by atoms with Crippen LogP contribution in [-0.4, -0.2) is 24.4 Å². The van der Waals surface area contributed by atoms with Crippen molar-refractivity contribution in [3.8, 4) is 0 Å². The Bertz CT molecular complexity index is 882. The Labute approximate surface area is 168 Å². The first-order valence-electron chi connectivity index (χ1n) is 9.82. The summed E-state index contributed by atoms with van der Waals surface area (Å²) in [5.41, 5.74) is 1.39. The van der Waals surface area contributed by atoms with Gasteiger partial charge in [-0.25, -0.2) is 8.78 Å². The van der Waals surface area contributed by atoms with Gasteiger partial charge in [0.25, 0.3) is 5.91 Å². The molecule has 3 rings (SSSR count). The summed E-state index contributed by atoms with van der Waals surface area (Å²) in [7, 11) is 0. The Morgan fingerprint density at radius 2 is 1.79 bits per heavy atom. The van der Waals surface area contributed by atoms with Gasteiger partial charge >= 0.3 is 0 Å². The van der Waals surface area contributed by atoms with E-state index in [0.29, 0.717) is 16.8 Å². The summed E-state index contributed by atoms with van der Waals surface area (Å²) >= 11 is 0. The van der Waals surface area contributed by atoms with Crippen molar-refractivity contribution in [2.75, 3.05) is 11.9 Å². The molecule has 1 aliphatic carbocycles. The van der Waals surface area contributed by atoms with Gasteiger partial charge in [0.2, 0.25) is 5.91 Å². The number of rotatable bonds is 7. The molecule has 1 atom stereocenters. The predicted molar refractivity (Wildman–Crippen MR) is 108 cm³/mol. The van der Waals surface area contributed by atoms with E-state index in [4.69, 9.17) is 0 Å². The number of nitrogens with one attached hydrogen (secondary N) is 3. The molecule has 0 heterocycles. The lowest BCUT2D eigenvalue weighted by atomic mass is 10.1. The smallest absolute Gasteiger partial charge is 0.253 e. The van der Waals surface area contributed by atoms with E-state index in [9.17, 15) is 18.4 Å². The first-order chi connectivity index (χ1) is 13.9. The highest BCUT2D eigenvalue weighted by Gasteiger charge is 2.20. The third-order valence-electron chi connectivity index (χ3n) is 5.15. The van der Waals surface area contributed by atoms with Crippen molar-refractivity contribution in [3.63, 3.8) is 0 Å². The van der Waals surface area contributed by atoms with Crippen LogP contribution in [0.4, 0.5) is 14.5 Å². The lowest BCUT2D eigenvalue weighted by Crippen LogP contribution is -2.34. The van der Waals surface area contributed by atoms with Crippen molar-refractivity contribution in [2.45, 2.75) is 44.7 Å². The van der Waals surface area contributed by atoms with Crippen LogP contribution in [0.1, 0.15) is 54.6 Å². The van der Waals surface area contributed by atoms with Crippen molar-refractivity contribution >= 4 is 17.5 Å². The number of hydrogen-bond acceptors (Lipinski definition) is 3. The highest BCUT2D eigenvalue weighted by atomic mass is 19.2. The molecule has 29 heavy (non-hydrogen) atoms. The molecule has 1 saturated carbocycles. The first-order valence-corrected chi connectivity index (χ1v) is 9.82. The molecule has 0 aromatic heterocycles. The highest BCUT2D eigenvalue weighted by Crippen LogP contribution is 2.20. The second-order valence-corrected chi connectivity index (χ2v) is 7.32. The van der Waals surface area contributed by atoms with E-state index in [-0.39, 0.29) is 30.4 Å². The van der Waals surface area contributed by atoms with Crippen LogP contribution in [0.15, 0.2) is 42.5 Å². The standard InChI is InChI=1S/C22H25F2N3O2/c1-14(15-10-11-18(23)19(24)12-15)25-13-21(28)27-20-9-5-4-8-17(20)22(29)26-16-6-2-3-7-16/h4-5,8-12,14,16,25H,2-3,6-7,13H2,1H3,(H,26,29)(H,27,28)/t14-/m1/s1. The van der Waals surface area contributed by atoms with Crippen molar-refractivity contribution in [2.24, 2.45) is 0 Å². The van der Waals surface area contributed by atoms with E-state index in [1.165, 1.54) is 6.07 Å². The van der Waals surface area contributed by atoms with E-state index < -0.39 is 11.6 Å². The number of amides is 2. The molecule has 0 spiro atoms. The normalized spacial score (nSPS) is 15.1. The van der Waals surface area contributed by atoms with Gasteiger partial charge in [0.05, 0.1) is 17.8 Å². The van der Waals surface area contributed by atoms with Gasteiger partial charge in [-0.3, -0.25) is 9.59 Å². The van der Waals surface area contributed by atoms with Gasteiger partial charge in [-0.05, 0) is 49.6 Å². The summed E-state index contributed by atoms with van der Waals surface area (Å²) in [6, 6.07) is 10.3. The summed E-state index contributed by atoms with van der Waals surface area (Å²) < 4.78 is 26.4. The number of anilines is 1. The van der Waals surface area contributed by atoms with E-state index in [2.05, 4.69) is 16.0 Å². The average molecular weight is 401 g/mol. The Morgan fingerprint density at radius 3 is 2.52 bits per heavy atom. The molecule has 2 aromatic rings. The first kappa shape index (κ1) is 20.9. The average Bonchev–Trinajstić information content (AvgIpc) is 3.21. The number of benzene rings is 2. The van der Waals surface area contributed by atoms with Crippen molar-refractivity contribution < 1.29 is 18.4 Å². The monoisotopic (exact) mass is 401 g/mol. The SMILES string of the molecule is C[C@@H](NCC(=O)Nc1ccccc1C(=O)NC1CCCC1)c1ccc(F)c(F)c1. The van der Waals surface area contributed by atoms with Gasteiger partial charge in [-0.1, -0.05) is 31.0 Å². The van der Waals surface area contributed by atoms with Crippen LogP contribution in [0.3, 0.4) is 0 Å². The molecule has 0 unspecified atom stereocenters. The number of carbonyl (C=O) groups is 2. The van der Waals surface area contributed by atoms with Gasteiger partial charge in [0, 0.05) is 12.1 Å². The molecule has 0 aliphatic heterocycles. The molecular weight excluding hydrogens is 376 g/mol. The largest absolute Gasteiger partial charge is 0.349 e. The van der Waals surface area contributed by atoms with Crippen molar-refractivity contribution in [1.82, 2.24) is 10.6 Å². The predicted octanol–water partition coefficient (Wildman–Crippen LogP) is 3.93. The van der Waals surface area contributed by atoms with Crippen LogP contribution < -0.4 is 16.0 Å². The molecule has 5 nitrogen and oxygen atoms in total. The molecule has 2 amide bonds. The maximum atomic E-state index is 13.4. The zero-order valence-corrected chi connectivity index (χ0v) is 16.3. The molecule has 1 fully saturated rings. The van der Waals surface area contributed by atoms with Crippen LogP contribution in [0.5, 0.6) is 0 Å². The minimum Gasteiger partial charge on any atom is -0.349 e. The number of hydrogen-bond donors (Lipinski definition) is 3. The van der Waals surface area contributed by atoms with Gasteiger partial charge in [0.1, 0.15) is 0 Å². The number of para-hydroxylation sites is 1. The van der Waals surface area contributed by atoms with E-state index >= 15 is 0 Å². The van der Waals surface area contributed by atoms with Crippen molar-refractivity contribution in [3.05, 3.63) is 65.2 Å². The summed E-state index contributed by atoms with van der Waals surface area (Å²) in [6.07, 6.45) is 4.19. The van der Waals surface area contributed by atoms with E-state index in [1.807, 2.05) is 0 Å². The van der Waals surface area contributed by atoms with Gasteiger partial charge in [-0.2, -0.15) is 0 Å². The maximum absolute atomic E-state index is 13.4. The second kappa shape index (κ2) is 9.60. The zero-order valence-electron chi connectivity index (χ0n) is 16.3. The summed E-state index contributed by atoms with van der Waals surface area (Å²) in [5, 5.41) is 8.74. The van der Waals surface area contributed by atoms with Gasteiger partial charge in [0.15, 0.2) is 11.6 Å². The third kappa shape index (κ3) is 5.60. The second-order valence-electron chi connectivity index (χ2n) is 7.32. The number of halogens is 2. The molecule has 1 aliphatic rings. The van der Waals surface area contributed by atoms with Gasteiger partial charge < -0.3 is 16.0 Å². The summed E-state index contributed by atoms with van der Waals surface area (Å²) in [6.45, 7) is 1.71. The van der Waals surface area contributed by atoms with Crippen LogP contribution >= 0.6 is 0 Å². The molecular formula is C22H25F2N3O2. The Hall–Kier alpha value is -2.80. The third-order valence-corrected chi connectivity index (χ3v) is 5.15. The fraction of sp³-hybridized carbons (Fsp3) is 0.364. The summed E-state index contributed by atoms with van der Waals surface area (Å²) in [4.78, 5) is 24.9. The Kier molecular flexibility index (Phi) is 6.93. The van der Waals surface area contributed by atoms with Crippen molar-refractivity contribution in [1.29, 1.82) is 0 Å². The molecule has 0 saturated heterocycles. The lowest BCUT2D eigenvalue weighted by molar-refractivity contribution is -0.115. The Balaban J connectivity index is 1.57. The van der Waals surface area contributed by atoms with Crippen LogP contribution in [-0.2, 0) is 4.79 Å². The number of carbonyl (C=O) groups excluding carboxylic acids is 2. The van der Waals surface area contributed by atoms with Crippen LogP contribution in [0, 0.1) is 11.6 Å². The fourth-order valence-corrected chi connectivity index (χ4v) is 3.46. The Morgan fingerprint density at radius 1 is 1.07 bits per heavy atom. The molecule has 7 heteroatoms. The molecule has 2 aromatic carbocycles. The molecule has 0 radical (unpaired) electrons. The molecule has 3 N–H and O–H groups in total. The highest BCUT2D eigenvalue weighted by molar-refractivity contribution is 6.04. The fourth-order valence-electron chi connectivity index (χ4n) is 3.46. The van der Waals surface area contributed by atoms with Crippen LogP contribution in [0.2, 0.25) is 0 Å². The topological polar surface area (TPSA) is 70.2 Å². The van der Waals surface area contributed by atoms with Gasteiger partial charge in [-0.15, -0.1) is 0 Å². The molecule has 154 valence electrons. The minimum atomic E-state index is -0.928. The summed E-state index contributed by atoms with van der Waals surface area (Å²) in [5.74, 6) is -2.37. The van der Waals surface area contributed by atoms with E-state index in [1.54, 1.807) is 31.2 Å².